The summed E-state index contributed by atoms with van der Waals surface area (Å²) in [6.45, 7) is 3.26. The molecule has 2 nitrogen and oxygen atoms in total. The summed E-state index contributed by atoms with van der Waals surface area (Å²) in [4.78, 5) is 0.562. The molecule has 1 saturated heterocycles. The van der Waals surface area contributed by atoms with Crippen molar-refractivity contribution in [1.29, 1.82) is 0 Å². The average Bonchev–Trinajstić information content (AvgIpc) is 2.25. The molecule has 0 bridgehead atoms. The maximum absolute atomic E-state index is 3.70. The topological polar surface area (TPSA) is 24.1 Å². The minimum absolute atomic E-state index is 0.521. The van der Waals surface area contributed by atoms with E-state index in [2.05, 4.69) is 57.8 Å². The summed E-state index contributed by atoms with van der Waals surface area (Å²) in [6.07, 6.45) is 1.17. The molecular formula is C12H17BrN2. The molecule has 0 aliphatic carbocycles. The first-order valence-electron chi connectivity index (χ1n) is 5.45. The standard InChI is InChI=1S/C12H17BrN2/c1-9-12(13)7-11(8-14-9)15-10-5-3-2-4-6-10/h2-6,9,11-12,14-15H,7-8H2,1H3. The molecule has 0 spiro atoms. The van der Waals surface area contributed by atoms with Crippen LogP contribution < -0.4 is 10.6 Å². The van der Waals surface area contributed by atoms with Crippen molar-refractivity contribution >= 4 is 21.6 Å². The molecule has 15 heavy (non-hydrogen) atoms. The zero-order chi connectivity index (χ0) is 10.7. The van der Waals surface area contributed by atoms with E-state index in [1.807, 2.05) is 6.07 Å². The summed E-state index contributed by atoms with van der Waals surface area (Å²) in [6, 6.07) is 11.5. The van der Waals surface area contributed by atoms with Crippen LogP contribution in [-0.4, -0.2) is 23.5 Å². The minimum Gasteiger partial charge on any atom is -0.381 e. The molecule has 2 N–H and O–H groups in total. The fraction of sp³-hybridized carbons (Fsp3) is 0.500. The van der Waals surface area contributed by atoms with Crippen molar-refractivity contribution in [2.45, 2.75) is 30.3 Å². The fourth-order valence-corrected chi connectivity index (χ4v) is 2.53. The number of nitrogens with one attached hydrogen (secondary N) is 2. The Morgan fingerprint density at radius 2 is 2.07 bits per heavy atom. The molecule has 1 aromatic rings. The number of halogens is 1. The second kappa shape index (κ2) is 4.99. The van der Waals surface area contributed by atoms with E-state index in [0.29, 0.717) is 16.9 Å². The van der Waals surface area contributed by atoms with E-state index in [-0.39, 0.29) is 0 Å². The van der Waals surface area contributed by atoms with Crippen molar-refractivity contribution in [3.63, 3.8) is 0 Å². The molecule has 0 saturated carbocycles. The number of hydrogen-bond donors (Lipinski definition) is 2. The second-order valence-corrected chi connectivity index (χ2v) is 5.33. The lowest BCUT2D eigenvalue weighted by atomic mass is 10.0. The first-order valence-corrected chi connectivity index (χ1v) is 6.36. The summed E-state index contributed by atoms with van der Waals surface area (Å²) in [5, 5.41) is 7.03. The van der Waals surface area contributed by atoms with Gasteiger partial charge in [-0.05, 0) is 25.5 Å². The van der Waals surface area contributed by atoms with Crippen molar-refractivity contribution in [3.05, 3.63) is 30.3 Å². The van der Waals surface area contributed by atoms with Crippen molar-refractivity contribution in [3.8, 4) is 0 Å². The maximum Gasteiger partial charge on any atom is 0.0397 e. The van der Waals surface area contributed by atoms with Crippen LogP contribution in [0.4, 0.5) is 5.69 Å². The lowest BCUT2D eigenvalue weighted by Crippen LogP contribution is -2.49. The number of rotatable bonds is 2. The highest BCUT2D eigenvalue weighted by Crippen LogP contribution is 2.19. The SMILES string of the molecule is CC1NCC(Nc2ccccc2)CC1Br. The van der Waals surface area contributed by atoms with Gasteiger partial charge in [0.15, 0.2) is 0 Å². The van der Waals surface area contributed by atoms with Gasteiger partial charge < -0.3 is 10.6 Å². The normalized spacial score (nSPS) is 31.2. The van der Waals surface area contributed by atoms with Crippen LogP contribution in [0, 0.1) is 0 Å². The van der Waals surface area contributed by atoms with E-state index in [4.69, 9.17) is 0 Å². The Morgan fingerprint density at radius 1 is 1.33 bits per heavy atom. The number of piperidine rings is 1. The number of anilines is 1. The number of alkyl halides is 1. The molecular weight excluding hydrogens is 252 g/mol. The van der Waals surface area contributed by atoms with E-state index in [1.54, 1.807) is 0 Å². The molecule has 1 aromatic carbocycles. The van der Waals surface area contributed by atoms with Gasteiger partial charge >= 0.3 is 0 Å². The predicted octanol–water partition coefficient (Wildman–Crippen LogP) is 2.61. The van der Waals surface area contributed by atoms with E-state index in [1.165, 1.54) is 12.1 Å². The largest absolute Gasteiger partial charge is 0.381 e. The van der Waals surface area contributed by atoms with Gasteiger partial charge in [0.25, 0.3) is 0 Å². The first kappa shape index (κ1) is 11.0. The molecule has 1 heterocycles. The van der Waals surface area contributed by atoms with Crippen LogP contribution in [0.3, 0.4) is 0 Å². The van der Waals surface area contributed by atoms with Crippen LogP contribution >= 0.6 is 15.9 Å². The van der Waals surface area contributed by atoms with Gasteiger partial charge in [-0.3, -0.25) is 0 Å². The molecule has 0 aromatic heterocycles. The lowest BCUT2D eigenvalue weighted by Gasteiger charge is -2.33. The minimum atomic E-state index is 0.521. The highest BCUT2D eigenvalue weighted by molar-refractivity contribution is 9.09. The second-order valence-electron chi connectivity index (χ2n) is 4.16. The average molecular weight is 269 g/mol. The smallest absolute Gasteiger partial charge is 0.0397 e. The number of benzene rings is 1. The van der Waals surface area contributed by atoms with Crippen molar-refractivity contribution in [2.75, 3.05) is 11.9 Å². The van der Waals surface area contributed by atoms with Crippen LogP contribution in [-0.2, 0) is 0 Å². The van der Waals surface area contributed by atoms with Gasteiger partial charge in [0, 0.05) is 29.1 Å². The molecule has 3 atom stereocenters. The lowest BCUT2D eigenvalue weighted by molar-refractivity contribution is 0.414. The van der Waals surface area contributed by atoms with E-state index >= 15 is 0 Å². The molecule has 1 fully saturated rings. The van der Waals surface area contributed by atoms with Crippen molar-refractivity contribution in [1.82, 2.24) is 5.32 Å². The maximum atomic E-state index is 3.70. The Kier molecular flexibility index (Phi) is 3.65. The molecule has 0 radical (unpaired) electrons. The van der Waals surface area contributed by atoms with Crippen LogP contribution in [0.1, 0.15) is 13.3 Å². The Bertz CT molecular complexity index is 302. The van der Waals surface area contributed by atoms with Crippen molar-refractivity contribution < 1.29 is 0 Å². The highest BCUT2D eigenvalue weighted by atomic mass is 79.9. The molecule has 3 heteroatoms. The zero-order valence-corrected chi connectivity index (χ0v) is 10.5. The summed E-state index contributed by atoms with van der Waals surface area (Å²) in [5.41, 5.74) is 1.21. The third kappa shape index (κ3) is 2.95. The Hall–Kier alpha value is -0.540. The van der Waals surface area contributed by atoms with Crippen LogP contribution in [0.25, 0.3) is 0 Å². The fourth-order valence-electron chi connectivity index (χ4n) is 1.90. The van der Waals surface area contributed by atoms with Gasteiger partial charge in [0.1, 0.15) is 0 Å². The van der Waals surface area contributed by atoms with Gasteiger partial charge in [-0.15, -0.1) is 0 Å². The molecule has 82 valence electrons. The van der Waals surface area contributed by atoms with E-state index in [9.17, 15) is 0 Å². The van der Waals surface area contributed by atoms with Crippen molar-refractivity contribution in [2.24, 2.45) is 0 Å². The van der Waals surface area contributed by atoms with Gasteiger partial charge in [-0.25, -0.2) is 0 Å². The summed E-state index contributed by atoms with van der Waals surface area (Å²) in [7, 11) is 0. The van der Waals surface area contributed by atoms with Gasteiger partial charge in [0.05, 0.1) is 0 Å². The van der Waals surface area contributed by atoms with E-state index < -0.39 is 0 Å². The Balaban J connectivity index is 1.91. The summed E-state index contributed by atoms with van der Waals surface area (Å²) >= 11 is 3.70. The van der Waals surface area contributed by atoms with E-state index in [0.717, 1.165) is 6.54 Å². The van der Waals surface area contributed by atoms with Gasteiger partial charge in [0.2, 0.25) is 0 Å². The van der Waals surface area contributed by atoms with Crippen LogP contribution in [0.2, 0.25) is 0 Å². The highest BCUT2D eigenvalue weighted by Gasteiger charge is 2.24. The van der Waals surface area contributed by atoms with Gasteiger partial charge in [-0.1, -0.05) is 34.1 Å². The Morgan fingerprint density at radius 3 is 2.73 bits per heavy atom. The molecule has 1 aliphatic rings. The van der Waals surface area contributed by atoms with Gasteiger partial charge in [-0.2, -0.15) is 0 Å². The number of para-hydroxylation sites is 1. The first-order chi connectivity index (χ1) is 7.25. The predicted molar refractivity (Wildman–Crippen MR) is 68.6 cm³/mol. The van der Waals surface area contributed by atoms with Crippen LogP contribution in [0.15, 0.2) is 30.3 Å². The van der Waals surface area contributed by atoms with Crippen LogP contribution in [0.5, 0.6) is 0 Å². The Labute approximate surface area is 99.6 Å². The monoisotopic (exact) mass is 268 g/mol. The quantitative estimate of drug-likeness (QED) is 0.806. The molecule has 3 unspecified atom stereocenters. The summed E-state index contributed by atoms with van der Waals surface area (Å²) < 4.78 is 0. The third-order valence-electron chi connectivity index (χ3n) is 2.88. The third-order valence-corrected chi connectivity index (χ3v) is 4.05. The molecule has 2 rings (SSSR count). The molecule has 0 amide bonds. The summed E-state index contributed by atoms with van der Waals surface area (Å²) in [5.74, 6) is 0. The number of hydrogen-bond acceptors (Lipinski definition) is 2. The molecule has 1 aliphatic heterocycles. The zero-order valence-electron chi connectivity index (χ0n) is 8.91.